The number of aromatic nitrogens is 6. The Morgan fingerprint density at radius 1 is 1.21 bits per heavy atom. The van der Waals surface area contributed by atoms with Gasteiger partial charge in [-0.25, -0.2) is 0 Å². The van der Waals surface area contributed by atoms with E-state index < -0.39 is 10.5 Å². The van der Waals surface area contributed by atoms with Crippen LogP contribution in [-0.2, 0) is 12.1 Å². The number of hydrogen-bond donors (Lipinski definition) is 1. The molecule has 4 rings (SSSR count). The van der Waals surface area contributed by atoms with E-state index in [1.807, 2.05) is 61.1 Å². The zero-order chi connectivity index (χ0) is 20.4. The number of hydrogen-bond acceptors (Lipinski definition) is 8. The fourth-order valence-corrected chi connectivity index (χ4v) is 3.57. The highest BCUT2D eigenvalue weighted by molar-refractivity contribution is 7.15. The third kappa shape index (κ3) is 3.99. The van der Waals surface area contributed by atoms with Crippen molar-refractivity contribution in [1.29, 1.82) is 0 Å². The van der Waals surface area contributed by atoms with Crippen LogP contribution >= 0.6 is 11.3 Å². The molecule has 0 fully saturated rings. The molecular weight excluding hydrogens is 392 g/mol. The van der Waals surface area contributed by atoms with Gasteiger partial charge in [0.25, 0.3) is 0 Å². The molecule has 0 saturated heterocycles. The second-order valence-electron chi connectivity index (χ2n) is 6.88. The fourth-order valence-electron chi connectivity index (χ4n) is 2.73. The van der Waals surface area contributed by atoms with E-state index >= 15 is 0 Å². The first-order valence-corrected chi connectivity index (χ1v) is 9.61. The molecule has 0 spiro atoms. The van der Waals surface area contributed by atoms with Gasteiger partial charge in [0, 0.05) is 12.3 Å². The normalized spacial score (nSPS) is 11.5. The number of anilines is 2. The van der Waals surface area contributed by atoms with Gasteiger partial charge in [-0.05, 0) is 19.4 Å². The average molecular weight is 410 g/mol. The molecule has 1 N–H and O–H groups in total. The van der Waals surface area contributed by atoms with Gasteiger partial charge in [-0.3, -0.25) is 19.5 Å². The molecule has 0 aliphatic rings. The second-order valence-corrected chi connectivity index (χ2v) is 7.86. The van der Waals surface area contributed by atoms with Gasteiger partial charge in [-0.1, -0.05) is 41.7 Å². The van der Waals surface area contributed by atoms with Crippen LogP contribution in [0.15, 0.2) is 55.0 Å². The van der Waals surface area contributed by atoms with Gasteiger partial charge in [-0.15, -0.1) is 10.2 Å². The maximum atomic E-state index is 10.9. The zero-order valence-electron chi connectivity index (χ0n) is 15.8. The number of nitrogens with zero attached hydrogens (tertiary/aromatic N) is 7. The Bertz CT molecular complexity index is 1130. The highest BCUT2D eigenvalue weighted by Crippen LogP contribution is 2.31. The summed E-state index contributed by atoms with van der Waals surface area (Å²) in [6.07, 6.45) is 4.51. The number of rotatable bonds is 7. The Labute approximate surface area is 170 Å². The van der Waals surface area contributed by atoms with Gasteiger partial charge >= 0.3 is 5.69 Å². The number of benzene rings is 1. The summed E-state index contributed by atoms with van der Waals surface area (Å²) in [7, 11) is 0. The van der Waals surface area contributed by atoms with Gasteiger partial charge in [0.1, 0.15) is 22.9 Å². The van der Waals surface area contributed by atoms with Crippen molar-refractivity contribution in [2.45, 2.75) is 25.9 Å². The lowest BCUT2D eigenvalue weighted by Gasteiger charge is -2.21. The lowest BCUT2D eigenvalue weighted by atomic mass is 10.1. The summed E-state index contributed by atoms with van der Waals surface area (Å²) < 4.78 is 3.36. The van der Waals surface area contributed by atoms with Crippen LogP contribution in [0.1, 0.15) is 24.4 Å². The summed E-state index contributed by atoms with van der Waals surface area (Å²) in [6, 6.07) is 11.9. The summed E-state index contributed by atoms with van der Waals surface area (Å²) in [5, 5.41) is 32.3. The fraction of sp³-hybridized carbons (Fsp3) is 0.222. The van der Waals surface area contributed by atoms with Crippen molar-refractivity contribution in [1.82, 2.24) is 29.8 Å². The van der Waals surface area contributed by atoms with Gasteiger partial charge in [0.15, 0.2) is 5.82 Å². The average Bonchev–Trinajstić information content (AvgIpc) is 3.44. The van der Waals surface area contributed by atoms with Crippen LogP contribution in [0.5, 0.6) is 0 Å². The third-order valence-electron chi connectivity index (χ3n) is 4.36. The smallest absolute Gasteiger partial charge is 0.307 e. The Kier molecular flexibility index (Phi) is 4.80. The molecule has 0 bridgehead atoms. The minimum Gasteiger partial charge on any atom is -0.313 e. The number of nitrogens with one attached hydrogen (secondary N) is 1. The van der Waals surface area contributed by atoms with Gasteiger partial charge in [0.2, 0.25) is 5.13 Å². The van der Waals surface area contributed by atoms with E-state index in [0.717, 1.165) is 5.56 Å². The molecule has 10 nitrogen and oxygen atoms in total. The van der Waals surface area contributed by atoms with Crippen molar-refractivity contribution < 1.29 is 4.92 Å². The molecule has 0 radical (unpaired) electrons. The lowest BCUT2D eigenvalue weighted by Crippen LogP contribution is -2.28. The van der Waals surface area contributed by atoms with E-state index in [9.17, 15) is 10.1 Å². The number of nitro groups is 1. The maximum absolute atomic E-state index is 10.9. The highest BCUT2D eigenvalue weighted by Gasteiger charge is 2.30. The van der Waals surface area contributed by atoms with Crippen molar-refractivity contribution in [3.8, 4) is 0 Å². The predicted molar refractivity (Wildman–Crippen MR) is 108 cm³/mol. The molecule has 11 heteroatoms. The molecule has 3 heterocycles. The molecule has 0 aliphatic heterocycles. The molecule has 0 saturated carbocycles. The maximum Gasteiger partial charge on any atom is 0.307 e. The summed E-state index contributed by atoms with van der Waals surface area (Å²) in [4.78, 5) is 10.4. The predicted octanol–water partition coefficient (Wildman–Crippen LogP) is 3.41. The summed E-state index contributed by atoms with van der Waals surface area (Å²) in [5.74, 6) is 0.663. The van der Waals surface area contributed by atoms with Gasteiger partial charge in [0.05, 0.1) is 11.5 Å². The zero-order valence-corrected chi connectivity index (χ0v) is 16.6. The van der Waals surface area contributed by atoms with Crippen molar-refractivity contribution in [2.24, 2.45) is 0 Å². The van der Waals surface area contributed by atoms with Crippen LogP contribution in [0.3, 0.4) is 0 Å². The van der Waals surface area contributed by atoms with Crippen molar-refractivity contribution in [3.05, 3.63) is 75.7 Å². The molecule has 0 atom stereocenters. The first kappa shape index (κ1) is 18.7. The van der Waals surface area contributed by atoms with Crippen LogP contribution in [-0.4, -0.2) is 34.7 Å². The molecular formula is C18H18N8O2S. The van der Waals surface area contributed by atoms with Crippen LogP contribution in [0.4, 0.5) is 16.6 Å². The molecule has 29 heavy (non-hydrogen) atoms. The Balaban J connectivity index is 1.47. The van der Waals surface area contributed by atoms with Crippen LogP contribution in [0.2, 0.25) is 0 Å². The molecule has 1 aromatic carbocycles. The van der Waals surface area contributed by atoms with Gasteiger partial charge < -0.3 is 5.32 Å². The molecule has 4 aromatic rings. The minimum absolute atomic E-state index is 0.0649. The van der Waals surface area contributed by atoms with Crippen LogP contribution in [0, 0.1) is 10.1 Å². The van der Waals surface area contributed by atoms with Crippen molar-refractivity contribution in [3.63, 3.8) is 0 Å². The molecule has 0 amide bonds. The third-order valence-corrected chi connectivity index (χ3v) is 5.52. The summed E-state index contributed by atoms with van der Waals surface area (Å²) >= 11 is 1.35. The van der Waals surface area contributed by atoms with E-state index in [4.69, 9.17) is 0 Å². The molecule has 3 aromatic heterocycles. The van der Waals surface area contributed by atoms with Crippen molar-refractivity contribution >= 4 is 28.0 Å². The summed E-state index contributed by atoms with van der Waals surface area (Å²) in [5.41, 5.74) is 0.415. The molecule has 0 unspecified atom stereocenters. The molecule has 0 aliphatic carbocycles. The van der Waals surface area contributed by atoms with E-state index in [1.165, 1.54) is 28.4 Å². The SMILES string of the molecule is CC(C)(c1nnc(Nc2ccn(Cc3ccccc3)n2)s1)n1cc([N+](=O)[O-])cn1. The van der Waals surface area contributed by atoms with E-state index in [-0.39, 0.29) is 5.69 Å². The van der Waals surface area contributed by atoms with E-state index in [2.05, 4.69) is 25.7 Å². The van der Waals surface area contributed by atoms with E-state index in [1.54, 1.807) is 0 Å². The van der Waals surface area contributed by atoms with E-state index in [0.29, 0.717) is 22.5 Å². The Morgan fingerprint density at radius 3 is 2.72 bits per heavy atom. The minimum atomic E-state index is -0.682. The molecule has 148 valence electrons. The second kappa shape index (κ2) is 7.43. The highest BCUT2D eigenvalue weighted by atomic mass is 32.1. The van der Waals surface area contributed by atoms with Crippen LogP contribution in [0.25, 0.3) is 0 Å². The standard InChI is InChI=1S/C18H18N8O2S/c1-18(2,25-12-14(10-19-25)26(27)28)16-21-22-17(29-16)20-15-8-9-24(23-15)11-13-6-4-3-5-7-13/h3-10,12H,11H2,1-2H3,(H,20,22,23). The van der Waals surface area contributed by atoms with Crippen molar-refractivity contribution in [2.75, 3.05) is 5.32 Å². The lowest BCUT2D eigenvalue weighted by molar-refractivity contribution is -0.385. The Hall–Kier alpha value is -3.60. The quantitative estimate of drug-likeness (QED) is 0.366. The first-order valence-electron chi connectivity index (χ1n) is 8.80. The Morgan fingerprint density at radius 2 is 2.00 bits per heavy atom. The largest absolute Gasteiger partial charge is 0.313 e. The topological polar surface area (TPSA) is 117 Å². The van der Waals surface area contributed by atoms with Crippen LogP contribution < -0.4 is 5.32 Å². The van der Waals surface area contributed by atoms with Gasteiger partial charge in [-0.2, -0.15) is 10.2 Å². The summed E-state index contributed by atoms with van der Waals surface area (Å²) in [6.45, 7) is 4.43. The monoisotopic (exact) mass is 410 g/mol. The first-order chi connectivity index (χ1) is 13.9.